The Kier molecular flexibility index (Phi) is 6.33. The van der Waals surface area contributed by atoms with E-state index in [0.29, 0.717) is 0 Å². The fourth-order valence-electron chi connectivity index (χ4n) is 9.50. The highest BCUT2D eigenvalue weighted by Gasteiger charge is 2.42. The fourth-order valence-corrected chi connectivity index (χ4v) is 10.6. The Bertz CT molecular complexity index is 2800. The van der Waals surface area contributed by atoms with Gasteiger partial charge in [0.05, 0.1) is 34.1 Å². The minimum atomic E-state index is -0.199. The van der Waals surface area contributed by atoms with Gasteiger partial charge in [0.1, 0.15) is 0 Å². The molecule has 8 aromatic carbocycles. The second kappa shape index (κ2) is 10.9. The van der Waals surface area contributed by atoms with Crippen LogP contribution in [-0.4, -0.2) is 0 Å². The fraction of sp³-hybridized carbons (Fsp3) is 0.120. The first-order valence-corrected chi connectivity index (χ1v) is 19.4. The van der Waals surface area contributed by atoms with Gasteiger partial charge in [-0.05, 0) is 111 Å². The average Bonchev–Trinajstić information content (AvgIpc) is 3.40. The van der Waals surface area contributed by atoms with Crippen molar-refractivity contribution in [3.63, 3.8) is 0 Å². The van der Waals surface area contributed by atoms with Gasteiger partial charge in [0, 0.05) is 31.4 Å². The van der Waals surface area contributed by atoms with Crippen molar-refractivity contribution in [2.45, 2.75) is 48.3 Å². The van der Waals surface area contributed by atoms with Crippen molar-refractivity contribution in [1.29, 1.82) is 0 Å². The number of anilines is 6. The summed E-state index contributed by atoms with van der Waals surface area (Å²) in [6, 6.07) is 59.0. The number of hydrogen-bond donors (Lipinski definition) is 0. The Hall–Kier alpha value is -5.77. The molecule has 0 amide bonds. The molecule has 0 atom stereocenters. The number of rotatable bonds is 2. The highest BCUT2D eigenvalue weighted by molar-refractivity contribution is 7.99. The van der Waals surface area contributed by atoms with Crippen LogP contribution in [0.2, 0.25) is 0 Å². The van der Waals surface area contributed by atoms with Gasteiger partial charge >= 0.3 is 0 Å². The lowest BCUT2D eigenvalue weighted by Crippen LogP contribution is -2.31. The molecule has 0 saturated carbocycles. The molecule has 0 fully saturated rings. The third-order valence-electron chi connectivity index (χ3n) is 12.2. The van der Waals surface area contributed by atoms with E-state index < -0.39 is 0 Å². The topological polar surface area (TPSA) is 6.48 Å². The Morgan fingerprint density at radius 2 is 0.830 bits per heavy atom. The van der Waals surface area contributed by atoms with Crippen LogP contribution < -0.4 is 9.80 Å². The Labute approximate surface area is 315 Å². The van der Waals surface area contributed by atoms with E-state index in [1.165, 1.54) is 98.8 Å². The van der Waals surface area contributed by atoms with E-state index in [1.807, 2.05) is 11.8 Å². The molecule has 53 heavy (non-hydrogen) atoms. The minimum Gasteiger partial charge on any atom is -0.309 e. The Morgan fingerprint density at radius 1 is 0.358 bits per heavy atom. The first-order valence-electron chi connectivity index (χ1n) is 18.6. The van der Waals surface area contributed by atoms with E-state index in [1.54, 1.807) is 0 Å². The maximum Gasteiger partial charge on any atom is 0.0601 e. The van der Waals surface area contributed by atoms with E-state index in [4.69, 9.17) is 0 Å². The maximum absolute atomic E-state index is 2.56. The quantitative estimate of drug-likeness (QED) is 0.177. The molecule has 254 valence electrons. The molecule has 8 aromatic rings. The first-order chi connectivity index (χ1) is 25.8. The van der Waals surface area contributed by atoms with Crippen molar-refractivity contribution in [3.05, 3.63) is 180 Å². The molecule has 1 aliphatic carbocycles. The third kappa shape index (κ3) is 4.23. The molecule has 3 aliphatic rings. The predicted molar refractivity (Wildman–Crippen MR) is 225 cm³/mol. The van der Waals surface area contributed by atoms with E-state index in [9.17, 15) is 0 Å². The van der Waals surface area contributed by atoms with Crippen LogP contribution in [-0.2, 0) is 10.8 Å². The molecule has 0 spiro atoms. The van der Waals surface area contributed by atoms with Gasteiger partial charge in [-0.2, -0.15) is 0 Å². The summed E-state index contributed by atoms with van der Waals surface area (Å²) >= 11 is 1.85. The SMILES string of the molecule is CC1(C)c2cc3c(cc2-c2cc4ccccc4cc21)C(C)(C)c1ccccc1N3c1cccc2c(N3c4ccccc4Sc4ccccc43)cccc12. The van der Waals surface area contributed by atoms with Gasteiger partial charge in [-0.1, -0.05) is 130 Å². The monoisotopic (exact) mass is 698 g/mol. The Balaban J connectivity index is 1.16. The largest absolute Gasteiger partial charge is 0.309 e. The number of para-hydroxylation sites is 3. The second-order valence-corrected chi connectivity index (χ2v) is 16.9. The van der Waals surface area contributed by atoms with Crippen LogP contribution in [0.1, 0.15) is 49.9 Å². The van der Waals surface area contributed by atoms with Crippen LogP contribution in [0.25, 0.3) is 32.7 Å². The average molecular weight is 699 g/mol. The van der Waals surface area contributed by atoms with Gasteiger partial charge in [0.2, 0.25) is 0 Å². The summed E-state index contributed by atoms with van der Waals surface area (Å²) < 4.78 is 0. The summed E-state index contributed by atoms with van der Waals surface area (Å²) in [5, 5.41) is 5.05. The summed E-state index contributed by atoms with van der Waals surface area (Å²) in [6.45, 7) is 9.62. The summed E-state index contributed by atoms with van der Waals surface area (Å²) in [7, 11) is 0. The van der Waals surface area contributed by atoms with Gasteiger partial charge in [0.15, 0.2) is 0 Å². The zero-order valence-electron chi connectivity index (χ0n) is 30.3. The molecule has 0 N–H and O–H groups in total. The summed E-state index contributed by atoms with van der Waals surface area (Å²) in [5.41, 5.74) is 15.2. The molecule has 0 saturated heterocycles. The van der Waals surface area contributed by atoms with Crippen LogP contribution in [0.3, 0.4) is 0 Å². The zero-order chi connectivity index (χ0) is 35.6. The molecule has 0 aromatic heterocycles. The first kappa shape index (κ1) is 30.8. The van der Waals surface area contributed by atoms with Crippen molar-refractivity contribution in [2.75, 3.05) is 9.80 Å². The Morgan fingerprint density at radius 3 is 1.49 bits per heavy atom. The van der Waals surface area contributed by atoms with Crippen molar-refractivity contribution in [2.24, 2.45) is 0 Å². The zero-order valence-corrected chi connectivity index (χ0v) is 31.1. The molecule has 0 radical (unpaired) electrons. The lowest BCUT2D eigenvalue weighted by atomic mass is 9.71. The van der Waals surface area contributed by atoms with Crippen molar-refractivity contribution < 1.29 is 0 Å². The van der Waals surface area contributed by atoms with Gasteiger partial charge in [0.25, 0.3) is 0 Å². The van der Waals surface area contributed by atoms with Gasteiger partial charge < -0.3 is 9.80 Å². The highest BCUT2D eigenvalue weighted by Crippen LogP contribution is 2.59. The molecule has 3 heteroatoms. The molecular weight excluding hydrogens is 661 g/mol. The number of hydrogen-bond acceptors (Lipinski definition) is 3. The van der Waals surface area contributed by atoms with E-state index in [2.05, 4.69) is 195 Å². The standard InChI is InChI=1S/C50H38N2S/c1-49(2)37-19-7-8-20-43(37)51(46-30-39-36(29-40(46)49)35-27-31-15-5-6-16-32(31)28-38(35)50(39,3)4)41-23-13-18-34-33(41)17-14-24-42(34)52-44-21-9-11-25-47(44)53-48-26-12-10-22-45(48)52/h5-30H,1-4H3. The van der Waals surface area contributed by atoms with Crippen LogP contribution >= 0.6 is 11.8 Å². The lowest BCUT2D eigenvalue weighted by Gasteiger charge is -2.43. The molecule has 0 unspecified atom stereocenters. The van der Waals surface area contributed by atoms with Crippen molar-refractivity contribution in [1.82, 2.24) is 0 Å². The summed E-state index contributed by atoms with van der Waals surface area (Å²) in [5.74, 6) is 0. The smallest absolute Gasteiger partial charge is 0.0601 e. The van der Waals surface area contributed by atoms with E-state index in [0.717, 1.165) is 0 Å². The van der Waals surface area contributed by atoms with E-state index in [-0.39, 0.29) is 10.8 Å². The van der Waals surface area contributed by atoms with Crippen LogP contribution in [0, 0.1) is 0 Å². The number of fused-ring (bicyclic) bond motifs is 9. The second-order valence-electron chi connectivity index (χ2n) is 15.8. The highest BCUT2D eigenvalue weighted by atomic mass is 32.2. The molecule has 0 bridgehead atoms. The third-order valence-corrected chi connectivity index (χ3v) is 13.3. The van der Waals surface area contributed by atoms with Crippen LogP contribution in [0.4, 0.5) is 34.1 Å². The van der Waals surface area contributed by atoms with Crippen molar-refractivity contribution >= 4 is 67.4 Å². The van der Waals surface area contributed by atoms with Crippen LogP contribution in [0.15, 0.2) is 168 Å². The molecule has 2 heterocycles. The molecule has 11 rings (SSSR count). The number of benzene rings is 8. The van der Waals surface area contributed by atoms with Gasteiger partial charge in [-0.3, -0.25) is 0 Å². The molecule has 2 nitrogen and oxygen atoms in total. The minimum absolute atomic E-state index is 0.143. The molecule has 2 aliphatic heterocycles. The summed E-state index contributed by atoms with van der Waals surface area (Å²) in [6.07, 6.45) is 0. The van der Waals surface area contributed by atoms with E-state index >= 15 is 0 Å². The van der Waals surface area contributed by atoms with Crippen molar-refractivity contribution in [3.8, 4) is 11.1 Å². The van der Waals surface area contributed by atoms with Gasteiger partial charge in [-0.15, -0.1) is 0 Å². The summed E-state index contributed by atoms with van der Waals surface area (Å²) in [4.78, 5) is 7.56. The maximum atomic E-state index is 2.56. The molecular formula is C50H38N2S. The van der Waals surface area contributed by atoms with Crippen LogP contribution in [0.5, 0.6) is 0 Å². The lowest BCUT2D eigenvalue weighted by molar-refractivity contribution is 0.627. The number of nitrogens with zero attached hydrogens (tertiary/aromatic N) is 2. The normalized spacial score (nSPS) is 15.7. The predicted octanol–water partition coefficient (Wildman–Crippen LogP) is 14.3. The van der Waals surface area contributed by atoms with Gasteiger partial charge in [-0.25, -0.2) is 0 Å².